The van der Waals surface area contributed by atoms with Gasteiger partial charge < -0.3 is 24.7 Å². The number of aliphatic imine (C=N–C) groups is 1. The molecule has 2 N–H and O–H groups in total. The van der Waals surface area contributed by atoms with Gasteiger partial charge >= 0.3 is 6.09 Å². The Morgan fingerprint density at radius 3 is 2.83 bits per heavy atom. The zero-order valence-corrected chi connectivity index (χ0v) is 18.8. The van der Waals surface area contributed by atoms with Crippen molar-refractivity contribution in [1.82, 2.24) is 20.5 Å². The quantitative estimate of drug-likeness (QED) is 0.514. The molecular formula is C21H31N5O3S. The molecule has 1 amide bonds. The Hall–Kier alpha value is -2.55. The number of thiazole rings is 1. The van der Waals surface area contributed by atoms with Crippen LogP contribution >= 0.6 is 11.3 Å². The fourth-order valence-electron chi connectivity index (χ4n) is 3.28. The van der Waals surface area contributed by atoms with Crippen LogP contribution in [0.1, 0.15) is 41.1 Å². The number of amides is 1. The predicted molar refractivity (Wildman–Crippen MR) is 118 cm³/mol. The van der Waals surface area contributed by atoms with Crippen LogP contribution in [-0.2, 0) is 17.7 Å². The molecule has 0 aliphatic carbocycles. The molecule has 0 spiro atoms. The Balaban J connectivity index is 1.56. The van der Waals surface area contributed by atoms with Gasteiger partial charge in [0.05, 0.1) is 25.1 Å². The number of carbonyl (C=O) groups is 1. The highest BCUT2D eigenvalue weighted by molar-refractivity contribution is 7.11. The molecule has 0 atom stereocenters. The highest BCUT2D eigenvalue weighted by Crippen LogP contribution is 2.17. The minimum atomic E-state index is -0.226. The number of rotatable bonds is 7. The maximum atomic E-state index is 11.9. The molecule has 2 aromatic rings. The number of nitrogens with zero attached hydrogens (tertiary/aromatic N) is 3. The second kappa shape index (κ2) is 11.0. The number of ether oxygens (including phenoxy) is 1. The number of carbonyl (C=O) groups excluding carboxylic acids is 1. The lowest BCUT2D eigenvalue weighted by Crippen LogP contribution is -2.50. The van der Waals surface area contributed by atoms with Gasteiger partial charge in [-0.25, -0.2) is 14.8 Å². The third-order valence-electron chi connectivity index (χ3n) is 5.05. The predicted octanol–water partition coefficient (Wildman–Crippen LogP) is 3.25. The molecule has 8 nitrogen and oxygen atoms in total. The van der Waals surface area contributed by atoms with Gasteiger partial charge in [-0.2, -0.15) is 0 Å². The van der Waals surface area contributed by atoms with E-state index in [1.807, 2.05) is 26.0 Å². The van der Waals surface area contributed by atoms with Gasteiger partial charge in [-0.15, -0.1) is 11.3 Å². The Morgan fingerprint density at radius 2 is 2.20 bits per heavy atom. The summed E-state index contributed by atoms with van der Waals surface area (Å²) in [5.41, 5.74) is 1.07. The lowest BCUT2D eigenvalue weighted by atomic mass is 10.1. The fourth-order valence-corrected chi connectivity index (χ4v) is 4.14. The molecule has 0 unspecified atom stereocenters. The average Bonchev–Trinajstić information content (AvgIpc) is 3.36. The highest BCUT2D eigenvalue weighted by Gasteiger charge is 2.24. The van der Waals surface area contributed by atoms with Crippen molar-refractivity contribution in [2.24, 2.45) is 4.99 Å². The molecule has 2 aromatic heterocycles. The van der Waals surface area contributed by atoms with E-state index in [0.29, 0.717) is 26.2 Å². The summed E-state index contributed by atoms with van der Waals surface area (Å²) in [5.74, 6) is 1.71. The monoisotopic (exact) mass is 433 g/mol. The SMILES string of the molecule is CCOC(=O)N1CCC(NC(=NCc2nc(C)c(C)s2)NCCc2ccco2)CC1. The Labute approximate surface area is 181 Å². The van der Waals surface area contributed by atoms with Gasteiger partial charge in [0.1, 0.15) is 10.8 Å². The lowest BCUT2D eigenvalue weighted by molar-refractivity contribution is 0.0963. The van der Waals surface area contributed by atoms with Crippen LogP contribution in [0.25, 0.3) is 0 Å². The average molecular weight is 434 g/mol. The second-order valence-electron chi connectivity index (χ2n) is 7.27. The number of aryl methyl sites for hydroxylation is 2. The second-order valence-corrected chi connectivity index (χ2v) is 8.56. The van der Waals surface area contributed by atoms with Gasteiger partial charge in [-0.1, -0.05) is 0 Å². The maximum absolute atomic E-state index is 11.9. The summed E-state index contributed by atoms with van der Waals surface area (Å²) in [6.07, 6.45) is 3.95. The van der Waals surface area contributed by atoms with Crippen LogP contribution in [0, 0.1) is 13.8 Å². The molecule has 1 aliphatic rings. The van der Waals surface area contributed by atoms with Gasteiger partial charge in [0.15, 0.2) is 5.96 Å². The summed E-state index contributed by atoms with van der Waals surface area (Å²) in [6, 6.07) is 4.12. The number of hydrogen-bond acceptors (Lipinski definition) is 6. The van der Waals surface area contributed by atoms with Gasteiger partial charge in [-0.3, -0.25) is 0 Å². The van der Waals surface area contributed by atoms with E-state index in [1.165, 1.54) is 4.88 Å². The smallest absolute Gasteiger partial charge is 0.409 e. The number of piperidine rings is 1. The minimum Gasteiger partial charge on any atom is -0.469 e. The van der Waals surface area contributed by atoms with E-state index >= 15 is 0 Å². The first-order chi connectivity index (χ1) is 14.5. The minimum absolute atomic E-state index is 0.226. The van der Waals surface area contributed by atoms with Gasteiger partial charge in [0, 0.05) is 37.0 Å². The van der Waals surface area contributed by atoms with Crippen LogP contribution in [0.3, 0.4) is 0 Å². The third kappa shape index (κ3) is 6.48. The van der Waals surface area contributed by atoms with E-state index in [9.17, 15) is 4.79 Å². The van der Waals surface area contributed by atoms with Crippen molar-refractivity contribution in [3.63, 3.8) is 0 Å². The van der Waals surface area contributed by atoms with Crippen molar-refractivity contribution in [1.29, 1.82) is 0 Å². The van der Waals surface area contributed by atoms with Crippen molar-refractivity contribution < 1.29 is 13.9 Å². The van der Waals surface area contributed by atoms with Gasteiger partial charge in [-0.05, 0) is 45.7 Å². The van der Waals surface area contributed by atoms with E-state index < -0.39 is 0 Å². The summed E-state index contributed by atoms with van der Waals surface area (Å²) in [7, 11) is 0. The van der Waals surface area contributed by atoms with Crippen LogP contribution in [0.15, 0.2) is 27.8 Å². The largest absolute Gasteiger partial charge is 0.469 e. The van der Waals surface area contributed by atoms with Crippen LogP contribution in [0.4, 0.5) is 4.79 Å². The molecular weight excluding hydrogens is 402 g/mol. The molecule has 1 aliphatic heterocycles. The van der Waals surface area contributed by atoms with Gasteiger partial charge in [0.2, 0.25) is 0 Å². The van der Waals surface area contributed by atoms with E-state index in [1.54, 1.807) is 22.5 Å². The summed E-state index contributed by atoms with van der Waals surface area (Å²) >= 11 is 1.69. The molecule has 1 fully saturated rings. The molecule has 3 heterocycles. The molecule has 30 heavy (non-hydrogen) atoms. The molecule has 3 rings (SSSR count). The first kappa shape index (κ1) is 22.1. The van der Waals surface area contributed by atoms with Crippen molar-refractivity contribution in [3.8, 4) is 0 Å². The number of nitrogens with one attached hydrogen (secondary N) is 2. The van der Waals surface area contributed by atoms with Crippen LogP contribution in [0.2, 0.25) is 0 Å². The van der Waals surface area contributed by atoms with Crippen LogP contribution in [0.5, 0.6) is 0 Å². The normalized spacial score (nSPS) is 15.3. The highest BCUT2D eigenvalue weighted by atomic mass is 32.1. The lowest BCUT2D eigenvalue weighted by Gasteiger charge is -2.32. The standard InChI is InChI=1S/C21H31N5O3S/c1-4-28-21(27)26-11-8-17(9-12-26)25-20(22-10-7-18-6-5-13-29-18)23-14-19-24-15(2)16(3)30-19/h5-6,13,17H,4,7-12,14H2,1-3H3,(H2,22,23,25). The van der Waals surface area contributed by atoms with Crippen LogP contribution in [-0.4, -0.2) is 54.2 Å². The topological polar surface area (TPSA) is 92.0 Å². The Morgan fingerprint density at radius 1 is 1.40 bits per heavy atom. The Kier molecular flexibility index (Phi) is 8.12. The van der Waals surface area contributed by atoms with E-state index in [-0.39, 0.29) is 12.1 Å². The summed E-state index contributed by atoms with van der Waals surface area (Å²) < 4.78 is 10.5. The maximum Gasteiger partial charge on any atom is 0.409 e. The number of likely N-dealkylation sites (tertiary alicyclic amines) is 1. The molecule has 0 saturated carbocycles. The number of furan rings is 1. The summed E-state index contributed by atoms with van der Waals surface area (Å²) in [4.78, 5) is 24.2. The summed E-state index contributed by atoms with van der Waals surface area (Å²) in [5, 5.41) is 7.94. The van der Waals surface area contributed by atoms with Crippen molar-refractivity contribution in [2.75, 3.05) is 26.2 Å². The molecule has 0 radical (unpaired) electrons. The first-order valence-corrected chi connectivity index (χ1v) is 11.3. The molecule has 0 bridgehead atoms. The number of hydrogen-bond donors (Lipinski definition) is 2. The zero-order chi connectivity index (χ0) is 21.3. The Bertz CT molecular complexity index is 806. The van der Waals surface area contributed by atoms with Gasteiger partial charge in [0.25, 0.3) is 0 Å². The molecule has 9 heteroatoms. The molecule has 1 saturated heterocycles. The first-order valence-electron chi connectivity index (χ1n) is 10.5. The van der Waals surface area contributed by atoms with Crippen molar-refractivity contribution in [2.45, 2.75) is 52.6 Å². The number of guanidine groups is 1. The van der Waals surface area contributed by atoms with E-state index in [0.717, 1.165) is 48.2 Å². The number of aromatic nitrogens is 1. The summed E-state index contributed by atoms with van der Waals surface area (Å²) in [6.45, 7) is 8.96. The molecule has 164 valence electrons. The van der Waals surface area contributed by atoms with Crippen molar-refractivity contribution in [3.05, 3.63) is 39.7 Å². The fraction of sp³-hybridized carbons (Fsp3) is 0.571. The van der Waals surface area contributed by atoms with Crippen molar-refractivity contribution >= 4 is 23.4 Å². The van der Waals surface area contributed by atoms with E-state index in [4.69, 9.17) is 14.1 Å². The zero-order valence-electron chi connectivity index (χ0n) is 17.9. The third-order valence-corrected chi connectivity index (χ3v) is 6.11. The molecule has 0 aromatic carbocycles. The van der Waals surface area contributed by atoms with E-state index in [2.05, 4.69) is 22.5 Å². The van der Waals surface area contributed by atoms with Crippen LogP contribution < -0.4 is 10.6 Å².